The normalized spacial score (nSPS) is 10.4. The highest BCUT2D eigenvalue weighted by Crippen LogP contribution is 2.11. The molecule has 0 aliphatic rings. The van der Waals surface area contributed by atoms with Crippen LogP contribution in [0.5, 0.6) is 0 Å². The minimum Gasteiger partial charge on any atom is -0.274 e. The summed E-state index contributed by atoms with van der Waals surface area (Å²) >= 11 is 0. The molecule has 0 aliphatic carbocycles. The molecular weight excluding hydrogens is 211 g/mol. The van der Waals surface area contributed by atoms with Gasteiger partial charge in [0.1, 0.15) is 5.82 Å². The Kier molecular flexibility index (Phi) is 2.44. The number of benzene rings is 1. The standard InChI is InChI=1S/C11H9FN2O2/c1-7-2-3-8(6-9(7)12)14-5-4-10(15)13-11(14)16/h2-6H,1H3,(H,13,15,16). The maximum Gasteiger partial charge on any atom is 0.332 e. The van der Waals surface area contributed by atoms with Crippen LogP contribution >= 0.6 is 0 Å². The van der Waals surface area contributed by atoms with E-state index in [4.69, 9.17) is 0 Å². The fraction of sp³-hybridized carbons (Fsp3) is 0.0909. The molecule has 1 heterocycles. The lowest BCUT2D eigenvalue weighted by molar-refractivity contribution is 0.616. The largest absolute Gasteiger partial charge is 0.332 e. The molecule has 1 aromatic heterocycles. The lowest BCUT2D eigenvalue weighted by atomic mass is 10.2. The summed E-state index contributed by atoms with van der Waals surface area (Å²) in [5.41, 5.74) is -0.185. The number of aromatic amines is 1. The first-order valence-corrected chi connectivity index (χ1v) is 4.66. The average molecular weight is 220 g/mol. The molecule has 2 aromatic rings. The predicted molar refractivity (Wildman–Crippen MR) is 57.4 cm³/mol. The van der Waals surface area contributed by atoms with Crippen molar-refractivity contribution in [3.63, 3.8) is 0 Å². The van der Waals surface area contributed by atoms with E-state index in [1.54, 1.807) is 19.1 Å². The molecule has 82 valence electrons. The maximum atomic E-state index is 13.3. The van der Waals surface area contributed by atoms with Gasteiger partial charge in [-0.15, -0.1) is 0 Å². The Morgan fingerprint density at radius 1 is 1.25 bits per heavy atom. The number of nitrogens with zero attached hydrogens (tertiary/aromatic N) is 1. The van der Waals surface area contributed by atoms with Crippen LogP contribution in [0.4, 0.5) is 4.39 Å². The summed E-state index contributed by atoms with van der Waals surface area (Å²) in [5.74, 6) is -0.393. The highest BCUT2D eigenvalue weighted by atomic mass is 19.1. The van der Waals surface area contributed by atoms with Crippen LogP contribution in [-0.2, 0) is 0 Å². The first kappa shape index (κ1) is 10.4. The monoisotopic (exact) mass is 220 g/mol. The molecule has 0 bridgehead atoms. The number of rotatable bonds is 1. The number of hydrogen-bond acceptors (Lipinski definition) is 2. The third kappa shape index (κ3) is 1.79. The second-order valence-corrected chi connectivity index (χ2v) is 3.41. The number of halogens is 1. The SMILES string of the molecule is Cc1ccc(-n2ccc(=O)[nH]c2=O)cc1F. The van der Waals surface area contributed by atoms with Crippen molar-refractivity contribution in [3.05, 3.63) is 62.7 Å². The molecular formula is C11H9FN2O2. The van der Waals surface area contributed by atoms with E-state index in [0.29, 0.717) is 11.3 Å². The summed E-state index contributed by atoms with van der Waals surface area (Å²) in [5, 5.41) is 0. The van der Waals surface area contributed by atoms with Gasteiger partial charge in [0.05, 0.1) is 5.69 Å². The molecule has 0 saturated heterocycles. The molecule has 0 aliphatic heterocycles. The third-order valence-corrected chi connectivity index (χ3v) is 2.26. The van der Waals surface area contributed by atoms with Gasteiger partial charge < -0.3 is 0 Å². The number of aromatic nitrogens is 2. The number of H-pyrrole nitrogens is 1. The molecule has 0 radical (unpaired) electrons. The molecule has 0 amide bonds. The van der Waals surface area contributed by atoms with Crippen molar-refractivity contribution in [2.24, 2.45) is 0 Å². The van der Waals surface area contributed by atoms with Crippen LogP contribution in [-0.4, -0.2) is 9.55 Å². The molecule has 16 heavy (non-hydrogen) atoms. The third-order valence-electron chi connectivity index (χ3n) is 2.26. The van der Waals surface area contributed by atoms with Crippen LogP contribution in [0.1, 0.15) is 5.56 Å². The van der Waals surface area contributed by atoms with Crippen molar-refractivity contribution in [1.82, 2.24) is 9.55 Å². The Bertz CT molecular complexity index is 643. The minimum absolute atomic E-state index is 0.379. The lowest BCUT2D eigenvalue weighted by Gasteiger charge is -2.05. The van der Waals surface area contributed by atoms with E-state index in [9.17, 15) is 14.0 Å². The smallest absolute Gasteiger partial charge is 0.274 e. The van der Waals surface area contributed by atoms with Gasteiger partial charge in [0.2, 0.25) is 0 Å². The van der Waals surface area contributed by atoms with Gasteiger partial charge in [0.25, 0.3) is 5.56 Å². The molecule has 0 spiro atoms. The zero-order valence-corrected chi connectivity index (χ0v) is 8.53. The summed E-state index contributed by atoms with van der Waals surface area (Å²) in [6.07, 6.45) is 1.31. The van der Waals surface area contributed by atoms with Gasteiger partial charge in [-0.25, -0.2) is 9.18 Å². The summed E-state index contributed by atoms with van der Waals surface area (Å²) in [6.45, 7) is 1.63. The molecule has 1 N–H and O–H groups in total. The Morgan fingerprint density at radius 2 is 2.00 bits per heavy atom. The second kappa shape index (κ2) is 3.77. The van der Waals surface area contributed by atoms with Crippen molar-refractivity contribution in [2.45, 2.75) is 6.92 Å². The zero-order valence-electron chi connectivity index (χ0n) is 8.53. The Balaban J connectivity index is 2.63. The maximum absolute atomic E-state index is 13.3. The van der Waals surface area contributed by atoms with E-state index in [1.807, 2.05) is 0 Å². The van der Waals surface area contributed by atoms with Crippen molar-refractivity contribution < 1.29 is 4.39 Å². The summed E-state index contributed by atoms with van der Waals surface area (Å²) < 4.78 is 14.5. The Morgan fingerprint density at radius 3 is 2.62 bits per heavy atom. The van der Waals surface area contributed by atoms with Gasteiger partial charge >= 0.3 is 5.69 Å². The highest BCUT2D eigenvalue weighted by Gasteiger charge is 2.03. The minimum atomic E-state index is -0.587. The van der Waals surface area contributed by atoms with E-state index < -0.39 is 17.1 Å². The Hall–Kier alpha value is -2.17. The topological polar surface area (TPSA) is 54.9 Å². The number of hydrogen-bond donors (Lipinski definition) is 1. The van der Waals surface area contributed by atoms with E-state index in [0.717, 1.165) is 0 Å². The number of aryl methyl sites for hydroxylation is 1. The molecule has 0 unspecified atom stereocenters. The molecule has 5 heteroatoms. The second-order valence-electron chi connectivity index (χ2n) is 3.41. The Labute approximate surface area is 90.0 Å². The molecule has 4 nitrogen and oxygen atoms in total. The van der Waals surface area contributed by atoms with Gasteiger partial charge in [-0.1, -0.05) is 6.07 Å². The van der Waals surface area contributed by atoms with Crippen molar-refractivity contribution in [2.75, 3.05) is 0 Å². The first-order valence-electron chi connectivity index (χ1n) is 4.66. The van der Waals surface area contributed by atoms with Crippen LogP contribution < -0.4 is 11.2 Å². The van der Waals surface area contributed by atoms with Gasteiger partial charge in [0.15, 0.2) is 0 Å². The summed E-state index contributed by atoms with van der Waals surface area (Å²) in [6, 6.07) is 5.63. The highest BCUT2D eigenvalue weighted by molar-refractivity contribution is 5.35. The molecule has 2 rings (SSSR count). The van der Waals surface area contributed by atoms with Gasteiger partial charge in [0, 0.05) is 12.3 Å². The van der Waals surface area contributed by atoms with Gasteiger partial charge in [-0.05, 0) is 24.6 Å². The summed E-state index contributed by atoms with van der Waals surface area (Å²) in [7, 11) is 0. The molecule has 0 saturated carbocycles. The van der Waals surface area contributed by atoms with Crippen molar-refractivity contribution >= 4 is 0 Å². The predicted octanol–water partition coefficient (Wildman–Crippen LogP) is 0.973. The summed E-state index contributed by atoms with van der Waals surface area (Å²) in [4.78, 5) is 24.4. The van der Waals surface area contributed by atoms with Gasteiger partial charge in [-0.3, -0.25) is 14.3 Å². The quantitative estimate of drug-likeness (QED) is 0.778. The average Bonchev–Trinajstić information content (AvgIpc) is 2.22. The number of nitrogens with one attached hydrogen (secondary N) is 1. The fourth-order valence-corrected chi connectivity index (χ4v) is 1.35. The van der Waals surface area contributed by atoms with Gasteiger partial charge in [-0.2, -0.15) is 0 Å². The molecule has 1 aromatic carbocycles. The van der Waals surface area contributed by atoms with Crippen LogP contribution in [0.15, 0.2) is 40.1 Å². The van der Waals surface area contributed by atoms with Crippen LogP contribution in [0.3, 0.4) is 0 Å². The zero-order chi connectivity index (χ0) is 11.7. The van der Waals surface area contributed by atoms with Crippen molar-refractivity contribution in [3.8, 4) is 5.69 Å². The van der Waals surface area contributed by atoms with Crippen LogP contribution in [0.25, 0.3) is 5.69 Å². The lowest BCUT2D eigenvalue weighted by Crippen LogP contribution is -2.27. The van der Waals surface area contributed by atoms with E-state index >= 15 is 0 Å². The van der Waals surface area contributed by atoms with Crippen LogP contribution in [0, 0.1) is 12.7 Å². The molecule has 0 fully saturated rings. The van der Waals surface area contributed by atoms with Crippen LogP contribution in [0.2, 0.25) is 0 Å². The van der Waals surface area contributed by atoms with E-state index in [-0.39, 0.29) is 0 Å². The van der Waals surface area contributed by atoms with Crippen molar-refractivity contribution in [1.29, 1.82) is 0 Å². The first-order chi connectivity index (χ1) is 7.58. The van der Waals surface area contributed by atoms with E-state index in [1.165, 1.54) is 22.9 Å². The van der Waals surface area contributed by atoms with E-state index in [2.05, 4.69) is 4.98 Å². The molecule has 0 atom stereocenters. The fourth-order valence-electron chi connectivity index (χ4n) is 1.35.